The van der Waals surface area contributed by atoms with Crippen molar-refractivity contribution < 1.29 is 8.42 Å². The monoisotopic (exact) mass is 161 g/mol. The van der Waals surface area contributed by atoms with Crippen molar-refractivity contribution in [2.75, 3.05) is 5.75 Å². The number of hydrogen-bond donors (Lipinski definition) is 1. The topological polar surface area (TPSA) is 60.2 Å². The lowest BCUT2D eigenvalue weighted by molar-refractivity contribution is 0.498. The summed E-state index contributed by atoms with van der Waals surface area (Å²) in [6.07, 6.45) is 2.59. The molecule has 58 valence electrons. The van der Waals surface area contributed by atoms with E-state index in [1.807, 2.05) is 0 Å². The van der Waals surface area contributed by atoms with E-state index in [-0.39, 0.29) is 10.8 Å². The summed E-state index contributed by atoms with van der Waals surface area (Å²) < 4.78 is 22.0. The van der Waals surface area contributed by atoms with E-state index in [1.165, 1.54) is 0 Å². The van der Waals surface area contributed by atoms with Crippen LogP contribution in [-0.4, -0.2) is 25.0 Å². The molecule has 0 aromatic heterocycles. The van der Waals surface area contributed by atoms with E-state index in [1.54, 1.807) is 0 Å². The first-order valence-corrected chi connectivity index (χ1v) is 5.27. The molecule has 0 spiro atoms. The van der Waals surface area contributed by atoms with Gasteiger partial charge in [-0.15, -0.1) is 0 Å². The van der Waals surface area contributed by atoms with Gasteiger partial charge in [-0.25, -0.2) is 8.42 Å². The third-order valence-electron chi connectivity index (χ3n) is 2.57. The fourth-order valence-electron chi connectivity index (χ4n) is 1.54. The summed E-state index contributed by atoms with van der Waals surface area (Å²) in [5.74, 6) is 0.358. The van der Waals surface area contributed by atoms with Crippen molar-refractivity contribution >= 4 is 9.84 Å². The van der Waals surface area contributed by atoms with Gasteiger partial charge in [-0.05, 0) is 19.3 Å². The van der Waals surface area contributed by atoms with Crippen molar-refractivity contribution in [1.29, 1.82) is 0 Å². The smallest absolute Gasteiger partial charge is 0.155 e. The largest absolute Gasteiger partial charge is 0.324 e. The van der Waals surface area contributed by atoms with Gasteiger partial charge in [0.05, 0.1) is 11.0 Å². The minimum absolute atomic E-state index is 0.194. The van der Waals surface area contributed by atoms with Crippen LogP contribution in [0, 0.1) is 0 Å². The van der Waals surface area contributed by atoms with E-state index in [0.717, 1.165) is 19.3 Å². The van der Waals surface area contributed by atoms with Crippen LogP contribution in [-0.2, 0) is 9.84 Å². The third-order valence-corrected chi connectivity index (χ3v) is 4.94. The van der Waals surface area contributed by atoms with Gasteiger partial charge in [-0.3, -0.25) is 0 Å². The highest BCUT2D eigenvalue weighted by atomic mass is 32.2. The molecule has 0 radical (unpaired) electrons. The molecule has 1 aliphatic heterocycles. The molecule has 10 heavy (non-hydrogen) atoms. The molecule has 2 N–H and O–H groups in total. The maximum atomic E-state index is 11.0. The van der Waals surface area contributed by atoms with E-state index in [9.17, 15) is 8.42 Å². The lowest BCUT2D eigenvalue weighted by Gasteiger charge is -2.31. The van der Waals surface area contributed by atoms with Gasteiger partial charge < -0.3 is 5.73 Å². The van der Waals surface area contributed by atoms with Gasteiger partial charge in [-0.1, -0.05) is 0 Å². The van der Waals surface area contributed by atoms with Crippen LogP contribution in [0.15, 0.2) is 0 Å². The summed E-state index contributed by atoms with van der Waals surface area (Å²) in [5.41, 5.74) is 5.44. The van der Waals surface area contributed by atoms with Crippen molar-refractivity contribution in [1.82, 2.24) is 0 Å². The van der Waals surface area contributed by atoms with Crippen LogP contribution >= 0.6 is 0 Å². The second kappa shape index (κ2) is 1.56. The van der Waals surface area contributed by atoms with E-state index in [2.05, 4.69) is 0 Å². The van der Waals surface area contributed by atoms with Crippen LogP contribution < -0.4 is 5.73 Å². The molecule has 4 heteroatoms. The van der Waals surface area contributed by atoms with E-state index in [0.29, 0.717) is 5.75 Å². The molecule has 0 amide bonds. The lowest BCUT2D eigenvalue weighted by Crippen LogP contribution is -2.51. The van der Waals surface area contributed by atoms with Crippen LogP contribution in [0.5, 0.6) is 0 Å². The van der Waals surface area contributed by atoms with E-state index >= 15 is 0 Å². The predicted molar refractivity (Wildman–Crippen MR) is 38.3 cm³/mol. The first-order chi connectivity index (χ1) is 4.55. The van der Waals surface area contributed by atoms with E-state index < -0.39 is 9.84 Å². The Morgan fingerprint density at radius 1 is 1.40 bits per heavy atom. The van der Waals surface area contributed by atoms with Gasteiger partial charge >= 0.3 is 0 Å². The summed E-state index contributed by atoms with van der Waals surface area (Å²) in [6, 6.07) is 0. The maximum absolute atomic E-state index is 11.0. The molecule has 2 fully saturated rings. The zero-order valence-corrected chi connectivity index (χ0v) is 6.52. The summed E-state index contributed by atoms with van der Waals surface area (Å²) in [7, 11) is -2.74. The SMILES string of the molecule is NC1(C2CCS2(=O)=O)CC1. The van der Waals surface area contributed by atoms with Crippen molar-refractivity contribution in [3.63, 3.8) is 0 Å². The normalized spacial score (nSPS) is 40.3. The Kier molecular flexibility index (Phi) is 1.03. The average molecular weight is 161 g/mol. The van der Waals surface area contributed by atoms with Crippen molar-refractivity contribution in [2.24, 2.45) is 5.73 Å². The average Bonchev–Trinajstić information content (AvgIpc) is 2.46. The molecule has 1 unspecified atom stereocenters. The molecule has 0 aromatic carbocycles. The first kappa shape index (κ1) is 6.61. The van der Waals surface area contributed by atoms with Gasteiger partial charge in [0.2, 0.25) is 0 Å². The molecule has 3 nitrogen and oxygen atoms in total. The third kappa shape index (κ3) is 0.720. The Morgan fingerprint density at radius 2 is 2.00 bits per heavy atom. The molecule has 1 heterocycles. The van der Waals surface area contributed by atoms with Gasteiger partial charge in [0.25, 0.3) is 0 Å². The second-order valence-electron chi connectivity index (χ2n) is 3.38. The Balaban J connectivity index is 2.22. The van der Waals surface area contributed by atoms with Crippen molar-refractivity contribution in [2.45, 2.75) is 30.1 Å². The molecule has 1 atom stereocenters. The minimum Gasteiger partial charge on any atom is -0.324 e. The molecule has 2 aliphatic rings. The highest BCUT2D eigenvalue weighted by Gasteiger charge is 2.55. The molecule has 1 saturated heterocycles. The predicted octanol–water partition coefficient (Wildman–Crippen LogP) is -0.335. The zero-order chi connectivity index (χ0) is 7.41. The minimum atomic E-state index is -2.74. The van der Waals surface area contributed by atoms with Gasteiger partial charge in [0.1, 0.15) is 0 Å². The van der Waals surface area contributed by atoms with Crippen LogP contribution in [0.25, 0.3) is 0 Å². The molecule has 2 rings (SSSR count). The highest BCUT2D eigenvalue weighted by Crippen LogP contribution is 2.44. The van der Waals surface area contributed by atoms with Gasteiger partial charge in [0.15, 0.2) is 9.84 Å². The molecule has 0 aromatic rings. The molecule has 1 saturated carbocycles. The van der Waals surface area contributed by atoms with Crippen molar-refractivity contribution in [3.05, 3.63) is 0 Å². The Hall–Kier alpha value is -0.0900. The summed E-state index contributed by atoms with van der Waals surface area (Å²) in [5, 5.41) is -0.194. The quantitative estimate of drug-likeness (QED) is 0.572. The van der Waals surface area contributed by atoms with Gasteiger partial charge in [-0.2, -0.15) is 0 Å². The van der Waals surface area contributed by atoms with E-state index in [4.69, 9.17) is 5.73 Å². The fraction of sp³-hybridized carbons (Fsp3) is 1.00. The summed E-state index contributed by atoms with van der Waals surface area (Å²) >= 11 is 0. The van der Waals surface area contributed by atoms with Gasteiger partial charge in [0, 0.05) is 5.54 Å². The second-order valence-corrected chi connectivity index (χ2v) is 5.68. The highest BCUT2D eigenvalue weighted by molar-refractivity contribution is 7.93. The number of sulfone groups is 1. The van der Waals surface area contributed by atoms with Crippen LogP contribution in [0.3, 0.4) is 0 Å². The van der Waals surface area contributed by atoms with Crippen LogP contribution in [0.1, 0.15) is 19.3 Å². The summed E-state index contributed by atoms with van der Waals surface area (Å²) in [4.78, 5) is 0. The standard InChI is InChI=1S/C6H11NO2S/c7-6(2-3-6)5-1-4-10(5,8)9/h5H,1-4,7H2. The Labute approximate surface area is 60.5 Å². The number of rotatable bonds is 1. The molecular formula is C6H11NO2S. The summed E-state index contributed by atoms with van der Waals surface area (Å²) in [6.45, 7) is 0. The zero-order valence-electron chi connectivity index (χ0n) is 5.71. The van der Waals surface area contributed by atoms with Crippen molar-refractivity contribution in [3.8, 4) is 0 Å². The van der Waals surface area contributed by atoms with Crippen LogP contribution in [0.2, 0.25) is 0 Å². The first-order valence-electron chi connectivity index (χ1n) is 3.55. The molecule has 0 bridgehead atoms. The lowest BCUT2D eigenvalue weighted by atomic mass is 10.1. The number of nitrogens with two attached hydrogens (primary N) is 1. The molecule has 1 aliphatic carbocycles. The Bertz CT molecular complexity index is 253. The maximum Gasteiger partial charge on any atom is 0.155 e. The fourth-order valence-corrected chi connectivity index (χ4v) is 3.35. The number of hydrogen-bond acceptors (Lipinski definition) is 3. The molecular weight excluding hydrogens is 150 g/mol. The Morgan fingerprint density at radius 3 is 2.10 bits per heavy atom. The van der Waals surface area contributed by atoms with Crippen LogP contribution in [0.4, 0.5) is 0 Å².